The Bertz CT molecular complexity index is 427. The van der Waals surface area contributed by atoms with Gasteiger partial charge in [-0.15, -0.1) is 0 Å². The minimum atomic E-state index is 0.187. The molecule has 2 N–H and O–H groups in total. The molecule has 20 heavy (non-hydrogen) atoms. The molecule has 4 heteroatoms. The highest BCUT2D eigenvalue weighted by molar-refractivity contribution is 9.10. The molecule has 1 saturated carbocycles. The maximum absolute atomic E-state index is 12.0. The maximum Gasteiger partial charge on any atom is 0.275 e. The monoisotopic (exact) mass is 339 g/mol. The smallest absolute Gasteiger partial charge is 0.275 e. The van der Waals surface area contributed by atoms with Gasteiger partial charge in [-0.3, -0.25) is 4.79 Å². The normalized spacial score (nSPS) is 17.7. The van der Waals surface area contributed by atoms with E-state index in [-0.39, 0.29) is 5.91 Å². The Morgan fingerprint density at radius 3 is 2.55 bits per heavy atom. The molecule has 1 aromatic rings. The molecule has 0 heterocycles. The fraction of sp³-hybridized carbons (Fsp3) is 0.562. The predicted molar refractivity (Wildman–Crippen MR) is 84.6 cm³/mol. The minimum Gasteiger partial charge on any atom is -0.348 e. The van der Waals surface area contributed by atoms with E-state index in [1.54, 1.807) is 0 Å². The first kappa shape index (κ1) is 15.5. The molecule has 3 nitrogen and oxygen atoms in total. The van der Waals surface area contributed by atoms with Crippen LogP contribution in [0.15, 0.2) is 28.7 Å². The molecule has 0 saturated heterocycles. The lowest BCUT2D eigenvalue weighted by atomic mass is 9.95. The van der Waals surface area contributed by atoms with Crippen LogP contribution in [-0.2, 0) is 11.3 Å². The van der Waals surface area contributed by atoms with Gasteiger partial charge in [-0.1, -0.05) is 47.3 Å². The first-order valence-corrected chi connectivity index (χ1v) is 8.28. The van der Waals surface area contributed by atoms with E-state index < -0.39 is 0 Å². The van der Waals surface area contributed by atoms with Crippen LogP contribution in [0.4, 0.5) is 0 Å². The van der Waals surface area contributed by atoms with Gasteiger partial charge in [0, 0.05) is 16.1 Å². The standard InChI is InChI=1S/C16H23BrN2O/c1-19(11-13-7-9-14(17)10-8-13)12-16(20)18-15-5-3-2-4-6-15/h7-10,15H,2-6,11-12H2,1H3,(H,18,20)/p+1. The summed E-state index contributed by atoms with van der Waals surface area (Å²) >= 11 is 3.44. The molecule has 1 amide bonds. The van der Waals surface area contributed by atoms with Crippen LogP contribution in [-0.4, -0.2) is 25.5 Å². The molecule has 110 valence electrons. The molecule has 0 bridgehead atoms. The zero-order chi connectivity index (χ0) is 14.4. The summed E-state index contributed by atoms with van der Waals surface area (Å²) in [5.74, 6) is 0.187. The Labute approximate surface area is 129 Å². The number of nitrogens with one attached hydrogen (secondary N) is 2. The van der Waals surface area contributed by atoms with E-state index in [2.05, 4.69) is 40.4 Å². The number of hydrogen-bond donors (Lipinski definition) is 2. The van der Waals surface area contributed by atoms with Gasteiger partial charge < -0.3 is 10.2 Å². The summed E-state index contributed by atoms with van der Waals surface area (Å²) in [5.41, 5.74) is 1.26. The van der Waals surface area contributed by atoms with Crippen LogP contribution in [0.5, 0.6) is 0 Å². The number of rotatable bonds is 5. The number of quaternary nitrogens is 1. The number of carbonyl (C=O) groups is 1. The second kappa shape index (κ2) is 7.79. The van der Waals surface area contributed by atoms with Crippen LogP contribution < -0.4 is 10.2 Å². The van der Waals surface area contributed by atoms with Gasteiger partial charge in [-0.05, 0) is 25.0 Å². The van der Waals surface area contributed by atoms with Crippen LogP contribution >= 0.6 is 15.9 Å². The van der Waals surface area contributed by atoms with Crippen molar-refractivity contribution < 1.29 is 9.69 Å². The first-order valence-electron chi connectivity index (χ1n) is 7.48. The Balaban J connectivity index is 1.74. The zero-order valence-corrected chi connectivity index (χ0v) is 13.7. The van der Waals surface area contributed by atoms with Crippen molar-refractivity contribution in [2.24, 2.45) is 0 Å². The lowest BCUT2D eigenvalue weighted by Crippen LogP contribution is -3.09. The molecule has 1 atom stereocenters. The molecule has 1 aliphatic carbocycles. The number of carbonyl (C=O) groups excluding carboxylic acids is 1. The maximum atomic E-state index is 12.0. The average Bonchev–Trinajstić information content (AvgIpc) is 2.42. The Kier molecular flexibility index (Phi) is 6.05. The Hall–Kier alpha value is -0.870. The fourth-order valence-corrected chi connectivity index (χ4v) is 3.08. The highest BCUT2D eigenvalue weighted by atomic mass is 79.9. The first-order chi connectivity index (χ1) is 9.63. The molecule has 1 fully saturated rings. The van der Waals surface area contributed by atoms with E-state index in [4.69, 9.17) is 0 Å². The van der Waals surface area contributed by atoms with E-state index in [0.29, 0.717) is 12.6 Å². The molecule has 1 unspecified atom stereocenters. The van der Waals surface area contributed by atoms with Crippen LogP contribution in [0.25, 0.3) is 0 Å². The van der Waals surface area contributed by atoms with Gasteiger partial charge in [-0.2, -0.15) is 0 Å². The predicted octanol–water partition coefficient (Wildman–Crippen LogP) is 1.91. The van der Waals surface area contributed by atoms with Crippen LogP contribution in [0.1, 0.15) is 37.7 Å². The van der Waals surface area contributed by atoms with Crippen LogP contribution in [0, 0.1) is 0 Å². The summed E-state index contributed by atoms with van der Waals surface area (Å²) in [4.78, 5) is 13.2. The largest absolute Gasteiger partial charge is 0.348 e. The van der Waals surface area contributed by atoms with Gasteiger partial charge in [-0.25, -0.2) is 0 Å². The van der Waals surface area contributed by atoms with Gasteiger partial charge in [0.05, 0.1) is 7.05 Å². The Morgan fingerprint density at radius 1 is 1.25 bits per heavy atom. The second-order valence-electron chi connectivity index (χ2n) is 5.84. The molecule has 0 spiro atoms. The summed E-state index contributed by atoms with van der Waals surface area (Å²) < 4.78 is 1.09. The summed E-state index contributed by atoms with van der Waals surface area (Å²) in [5, 5.41) is 3.18. The van der Waals surface area contributed by atoms with Crippen molar-refractivity contribution in [1.29, 1.82) is 0 Å². The number of hydrogen-bond acceptors (Lipinski definition) is 1. The lowest BCUT2D eigenvalue weighted by molar-refractivity contribution is -0.885. The third-order valence-corrected chi connectivity index (χ3v) is 4.38. The average molecular weight is 340 g/mol. The van der Waals surface area contributed by atoms with Crippen molar-refractivity contribution in [1.82, 2.24) is 5.32 Å². The van der Waals surface area contributed by atoms with Crippen molar-refractivity contribution in [3.8, 4) is 0 Å². The van der Waals surface area contributed by atoms with E-state index in [9.17, 15) is 4.79 Å². The number of amides is 1. The Morgan fingerprint density at radius 2 is 1.90 bits per heavy atom. The molecule has 0 aromatic heterocycles. The van der Waals surface area contributed by atoms with Gasteiger partial charge in [0.15, 0.2) is 6.54 Å². The minimum absolute atomic E-state index is 0.187. The van der Waals surface area contributed by atoms with Crippen molar-refractivity contribution >= 4 is 21.8 Å². The SMILES string of the molecule is C[NH+](CC(=O)NC1CCCCC1)Cc1ccc(Br)cc1. The van der Waals surface area contributed by atoms with E-state index in [1.807, 2.05) is 12.1 Å². The van der Waals surface area contributed by atoms with Gasteiger partial charge in [0.25, 0.3) is 5.91 Å². The second-order valence-corrected chi connectivity index (χ2v) is 6.76. The van der Waals surface area contributed by atoms with Crippen molar-refractivity contribution in [3.63, 3.8) is 0 Å². The van der Waals surface area contributed by atoms with E-state index in [1.165, 1.54) is 29.7 Å². The van der Waals surface area contributed by atoms with Gasteiger partial charge in [0.1, 0.15) is 6.54 Å². The van der Waals surface area contributed by atoms with Crippen molar-refractivity contribution in [2.45, 2.75) is 44.7 Å². The summed E-state index contributed by atoms with van der Waals surface area (Å²) in [6.07, 6.45) is 6.13. The molecular formula is C16H24BrN2O+. The quantitative estimate of drug-likeness (QED) is 0.844. The summed E-state index contributed by atoms with van der Waals surface area (Å²) in [6.45, 7) is 1.43. The van der Waals surface area contributed by atoms with E-state index >= 15 is 0 Å². The molecule has 0 radical (unpaired) electrons. The summed E-state index contributed by atoms with van der Waals surface area (Å²) in [7, 11) is 2.07. The number of likely N-dealkylation sites (N-methyl/N-ethyl adjacent to an activating group) is 1. The zero-order valence-electron chi connectivity index (χ0n) is 12.1. The van der Waals surface area contributed by atoms with Gasteiger partial charge in [0.2, 0.25) is 0 Å². The van der Waals surface area contributed by atoms with E-state index in [0.717, 1.165) is 23.9 Å². The third kappa shape index (κ3) is 5.25. The fourth-order valence-electron chi connectivity index (χ4n) is 2.81. The molecule has 2 rings (SSSR count). The lowest BCUT2D eigenvalue weighted by Gasteiger charge is -2.23. The number of halogens is 1. The van der Waals surface area contributed by atoms with Crippen molar-refractivity contribution in [3.05, 3.63) is 34.3 Å². The topological polar surface area (TPSA) is 33.5 Å². The van der Waals surface area contributed by atoms with Crippen LogP contribution in [0.2, 0.25) is 0 Å². The molecule has 0 aliphatic heterocycles. The highest BCUT2D eigenvalue weighted by Crippen LogP contribution is 2.17. The number of benzene rings is 1. The van der Waals surface area contributed by atoms with Crippen molar-refractivity contribution in [2.75, 3.05) is 13.6 Å². The molecular weight excluding hydrogens is 316 g/mol. The molecule has 1 aromatic carbocycles. The summed E-state index contributed by atoms with van der Waals surface area (Å²) in [6, 6.07) is 8.71. The van der Waals surface area contributed by atoms with Gasteiger partial charge >= 0.3 is 0 Å². The highest BCUT2D eigenvalue weighted by Gasteiger charge is 2.17. The molecule has 1 aliphatic rings. The third-order valence-electron chi connectivity index (χ3n) is 3.85. The van der Waals surface area contributed by atoms with Crippen LogP contribution in [0.3, 0.4) is 0 Å².